The van der Waals surface area contributed by atoms with Gasteiger partial charge in [0.15, 0.2) is 0 Å². The molecule has 0 spiro atoms. The Labute approximate surface area is 151 Å². The van der Waals surface area contributed by atoms with E-state index in [0.717, 1.165) is 0 Å². The second-order valence-corrected chi connectivity index (χ2v) is 6.35. The van der Waals surface area contributed by atoms with Crippen molar-refractivity contribution in [2.75, 3.05) is 12.4 Å². The van der Waals surface area contributed by atoms with Crippen LogP contribution in [0.5, 0.6) is 5.75 Å². The van der Waals surface area contributed by atoms with E-state index in [2.05, 4.69) is 10.3 Å². The fourth-order valence-electron chi connectivity index (χ4n) is 2.75. The van der Waals surface area contributed by atoms with Gasteiger partial charge in [0.25, 0.3) is 5.56 Å². The van der Waals surface area contributed by atoms with Crippen molar-refractivity contribution in [2.45, 2.75) is 20.8 Å². The Morgan fingerprint density at radius 1 is 1.19 bits per heavy atom. The normalized spacial score (nSPS) is 11.0. The first kappa shape index (κ1) is 17.7. The summed E-state index contributed by atoms with van der Waals surface area (Å²) in [7, 11) is 1.53. The highest BCUT2D eigenvalue weighted by atomic mass is 16.5. The van der Waals surface area contributed by atoms with Crippen molar-refractivity contribution < 1.29 is 9.53 Å². The van der Waals surface area contributed by atoms with E-state index in [1.807, 2.05) is 32.0 Å². The van der Waals surface area contributed by atoms with E-state index in [9.17, 15) is 9.59 Å². The number of anilines is 1. The van der Waals surface area contributed by atoms with Crippen LogP contribution in [0.1, 0.15) is 19.7 Å². The summed E-state index contributed by atoms with van der Waals surface area (Å²) in [5.41, 5.74) is 1.72. The Balaban J connectivity index is 2.12. The van der Waals surface area contributed by atoms with Gasteiger partial charge < -0.3 is 10.1 Å². The number of nitrogens with one attached hydrogen (secondary N) is 1. The molecule has 26 heavy (non-hydrogen) atoms. The van der Waals surface area contributed by atoms with Crippen LogP contribution in [0, 0.1) is 12.8 Å². The molecule has 6 heteroatoms. The molecule has 1 heterocycles. The molecule has 3 rings (SSSR count). The highest BCUT2D eigenvalue weighted by Crippen LogP contribution is 2.28. The summed E-state index contributed by atoms with van der Waals surface area (Å²) in [5.74, 6) is 0.816. The molecule has 0 aliphatic carbocycles. The van der Waals surface area contributed by atoms with Crippen LogP contribution in [0.25, 0.3) is 16.6 Å². The summed E-state index contributed by atoms with van der Waals surface area (Å²) in [5, 5.41) is 3.38. The summed E-state index contributed by atoms with van der Waals surface area (Å²) in [6.07, 6.45) is 0. The molecule has 6 nitrogen and oxygen atoms in total. The monoisotopic (exact) mass is 351 g/mol. The molecule has 134 valence electrons. The smallest absolute Gasteiger partial charge is 0.265 e. The lowest BCUT2D eigenvalue weighted by atomic mass is 10.2. The number of hydrogen-bond donors (Lipinski definition) is 1. The molecule has 0 saturated heterocycles. The second-order valence-electron chi connectivity index (χ2n) is 6.35. The first-order valence-corrected chi connectivity index (χ1v) is 8.40. The van der Waals surface area contributed by atoms with E-state index in [4.69, 9.17) is 4.74 Å². The molecule has 0 aliphatic heterocycles. The topological polar surface area (TPSA) is 73.2 Å². The van der Waals surface area contributed by atoms with E-state index in [1.54, 1.807) is 35.8 Å². The molecular formula is C20H21N3O3. The zero-order valence-electron chi connectivity index (χ0n) is 15.2. The van der Waals surface area contributed by atoms with Crippen LogP contribution in [-0.4, -0.2) is 22.6 Å². The zero-order chi connectivity index (χ0) is 18.8. The number of hydrogen-bond acceptors (Lipinski definition) is 4. The van der Waals surface area contributed by atoms with Crippen molar-refractivity contribution in [3.8, 4) is 11.4 Å². The third-order valence-electron chi connectivity index (χ3n) is 4.17. The van der Waals surface area contributed by atoms with Crippen LogP contribution < -0.4 is 15.6 Å². The van der Waals surface area contributed by atoms with Gasteiger partial charge in [-0.2, -0.15) is 0 Å². The molecule has 0 fully saturated rings. The minimum absolute atomic E-state index is 0.100. The van der Waals surface area contributed by atoms with Crippen molar-refractivity contribution in [1.82, 2.24) is 9.55 Å². The lowest BCUT2D eigenvalue weighted by Crippen LogP contribution is -2.22. The van der Waals surface area contributed by atoms with Gasteiger partial charge in [-0.3, -0.25) is 14.2 Å². The maximum atomic E-state index is 12.9. The molecular weight excluding hydrogens is 330 g/mol. The number of carbonyl (C=O) groups is 1. The molecule has 1 amide bonds. The summed E-state index contributed by atoms with van der Waals surface area (Å²) in [4.78, 5) is 29.4. The number of carbonyl (C=O) groups excluding carboxylic acids is 1. The van der Waals surface area contributed by atoms with Crippen molar-refractivity contribution in [2.24, 2.45) is 5.92 Å². The Morgan fingerprint density at radius 3 is 2.62 bits per heavy atom. The molecule has 0 aliphatic rings. The summed E-state index contributed by atoms with van der Waals surface area (Å²) < 4.78 is 6.95. The number of nitrogens with zero attached hydrogens (tertiary/aromatic N) is 2. The summed E-state index contributed by atoms with van der Waals surface area (Å²) in [6.45, 7) is 5.43. The van der Waals surface area contributed by atoms with Crippen LogP contribution in [0.4, 0.5) is 5.69 Å². The molecule has 1 N–H and O–H groups in total. The van der Waals surface area contributed by atoms with Gasteiger partial charge in [-0.15, -0.1) is 0 Å². The Bertz CT molecular complexity index is 1040. The molecule has 0 atom stereocenters. The Hall–Kier alpha value is -3.15. The molecule has 2 aromatic carbocycles. The van der Waals surface area contributed by atoms with E-state index in [0.29, 0.717) is 33.9 Å². The van der Waals surface area contributed by atoms with Gasteiger partial charge in [0, 0.05) is 12.0 Å². The van der Waals surface area contributed by atoms with Gasteiger partial charge in [0.05, 0.1) is 29.4 Å². The van der Waals surface area contributed by atoms with E-state index in [1.165, 1.54) is 7.11 Å². The van der Waals surface area contributed by atoms with Crippen LogP contribution >= 0.6 is 0 Å². The molecule has 0 saturated carbocycles. The first-order chi connectivity index (χ1) is 12.4. The molecule has 1 aromatic heterocycles. The SMILES string of the molecule is COc1cc(-n2c(C)nc3ccccc3c2=O)ccc1NC(=O)C(C)C. The minimum Gasteiger partial charge on any atom is -0.494 e. The third kappa shape index (κ3) is 3.18. The minimum atomic E-state index is -0.145. The Kier molecular flexibility index (Phi) is 4.75. The van der Waals surface area contributed by atoms with E-state index < -0.39 is 0 Å². The van der Waals surface area contributed by atoms with Gasteiger partial charge in [-0.1, -0.05) is 26.0 Å². The van der Waals surface area contributed by atoms with Crippen molar-refractivity contribution in [3.63, 3.8) is 0 Å². The molecule has 3 aromatic rings. The standard InChI is InChI=1S/C20H21N3O3/c1-12(2)19(24)22-17-10-9-14(11-18(17)26-4)23-13(3)21-16-8-6-5-7-15(16)20(23)25/h5-12H,1-4H3,(H,22,24). The molecule has 0 bridgehead atoms. The van der Waals surface area contributed by atoms with E-state index >= 15 is 0 Å². The summed E-state index contributed by atoms with van der Waals surface area (Å²) in [6, 6.07) is 12.5. The number of ether oxygens (including phenoxy) is 1. The van der Waals surface area contributed by atoms with Crippen LogP contribution in [-0.2, 0) is 4.79 Å². The summed E-state index contributed by atoms with van der Waals surface area (Å²) >= 11 is 0. The molecule has 0 unspecified atom stereocenters. The number of para-hydroxylation sites is 1. The largest absolute Gasteiger partial charge is 0.494 e. The fraction of sp³-hybridized carbons (Fsp3) is 0.250. The van der Waals surface area contributed by atoms with Gasteiger partial charge in [-0.25, -0.2) is 4.98 Å². The first-order valence-electron chi connectivity index (χ1n) is 8.40. The van der Waals surface area contributed by atoms with Crippen LogP contribution in [0.15, 0.2) is 47.3 Å². The average molecular weight is 351 g/mol. The number of aromatic nitrogens is 2. The van der Waals surface area contributed by atoms with Gasteiger partial charge in [-0.05, 0) is 31.2 Å². The van der Waals surface area contributed by atoms with Gasteiger partial charge in [0.1, 0.15) is 11.6 Å². The van der Waals surface area contributed by atoms with Crippen molar-refractivity contribution in [3.05, 3.63) is 58.6 Å². The maximum Gasteiger partial charge on any atom is 0.265 e. The predicted octanol–water partition coefficient (Wildman–Crippen LogP) is 3.30. The quantitative estimate of drug-likeness (QED) is 0.783. The highest BCUT2D eigenvalue weighted by molar-refractivity contribution is 5.93. The van der Waals surface area contributed by atoms with Gasteiger partial charge >= 0.3 is 0 Å². The number of methoxy groups -OCH3 is 1. The van der Waals surface area contributed by atoms with Crippen LogP contribution in [0.3, 0.4) is 0 Å². The second kappa shape index (κ2) is 7.00. The Morgan fingerprint density at radius 2 is 1.92 bits per heavy atom. The number of aryl methyl sites for hydroxylation is 1. The highest BCUT2D eigenvalue weighted by Gasteiger charge is 2.14. The number of amides is 1. The molecule has 0 radical (unpaired) electrons. The lowest BCUT2D eigenvalue weighted by molar-refractivity contribution is -0.118. The third-order valence-corrected chi connectivity index (χ3v) is 4.17. The zero-order valence-corrected chi connectivity index (χ0v) is 15.2. The number of benzene rings is 2. The van der Waals surface area contributed by atoms with Crippen molar-refractivity contribution >= 4 is 22.5 Å². The van der Waals surface area contributed by atoms with Crippen LogP contribution in [0.2, 0.25) is 0 Å². The maximum absolute atomic E-state index is 12.9. The fourth-order valence-corrected chi connectivity index (χ4v) is 2.75. The van der Waals surface area contributed by atoms with E-state index in [-0.39, 0.29) is 17.4 Å². The van der Waals surface area contributed by atoms with Gasteiger partial charge in [0.2, 0.25) is 5.91 Å². The number of rotatable bonds is 4. The lowest BCUT2D eigenvalue weighted by Gasteiger charge is -2.15. The average Bonchev–Trinajstić information content (AvgIpc) is 2.62. The predicted molar refractivity (Wildman–Crippen MR) is 102 cm³/mol. The van der Waals surface area contributed by atoms with Crippen molar-refractivity contribution in [1.29, 1.82) is 0 Å². The number of fused-ring (bicyclic) bond motifs is 1.